The van der Waals surface area contributed by atoms with Gasteiger partial charge in [-0.1, -0.05) is 18.2 Å². The molecule has 0 bridgehead atoms. The third-order valence-electron chi connectivity index (χ3n) is 4.14. The molecule has 0 fully saturated rings. The van der Waals surface area contributed by atoms with Crippen molar-refractivity contribution in [2.45, 2.75) is 26.4 Å². The average Bonchev–Trinajstić information content (AvgIpc) is 3.17. The molecule has 1 heterocycles. The molecule has 0 aliphatic rings. The maximum atomic E-state index is 12.4. The van der Waals surface area contributed by atoms with Crippen LogP contribution in [0, 0.1) is 0 Å². The van der Waals surface area contributed by atoms with Crippen LogP contribution in [0.5, 0.6) is 11.5 Å². The van der Waals surface area contributed by atoms with Crippen molar-refractivity contribution in [1.29, 1.82) is 0 Å². The number of hydrogen-bond donors (Lipinski definition) is 1. The minimum atomic E-state index is -0.148. The first-order valence-corrected chi connectivity index (χ1v) is 9.28. The Morgan fingerprint density at radius 3 is 2.64 bits per heavy atom. The van der Waals surface area contributed by atoms with E-state index in [0.29, 0.717) is 30.0 Å². The SMILES string of the molecule is COc1cc(C(=O)NCCc2cnn(-c3ccccc3)c2)ccc1OC(C)C. The number of nitrogens with one attached hydrogen (secondary N) is 1. The van der Waals surface area contributed by atoms with Crippen molar-refractivity contribution in [3.63, 3.8) is 0 Å². The van der Waals surface area contributed by atoms with Gasteiger partial charge < -0.3 is 14.8 Å². The molecule has 2 aromatic carbocycles. The maximum absolute atomic E-state index is 12.4. The van der Waals surface area contributed by atoms with Crippen molar-refractivity contribution in [2.75, 3.05) is 13.7 Å². The summed E-state index contributed by atoms with van der Waals surface area (Å²) in [6, 6.07) is 15.1. The highest BCUT2D eigenvalue weighted by atomic mass is 16.5. The second-order valence-corrected chi connectivity index (χ2v) is 6.67. The second kappa shape index (κ2) is 9.08. The lowest BCUT2D eigenvalue weighted by Crippen LogP contribution is -2.25. The van der Waals surface area contributed by atoms with E-state index in [-0.39, 0.29) is 12.0 Å². The predicted molar refractivity (Wildman–Crippen MR) is 108 cm³/mol. The normalized spacial score (nSPS) is 10.7. The number of rotatable bonds is 8. The van der Waals surface area contributed by atoms with Gasteiger partial charge in [0, 0.05) is 18.3 Å². The van der Waals surface area contributed by atoms with Crippen LogP contribution >= 0.6 is 0 Å². The summed E-state index contributed by atoms with van der Waals surface area (Å²) in [5, 5.41) is 7.31. The zero-order valence-corrected chi connectivity index (χ0v) is 16.4. The summed E-state index contributed by atoms with van der Waals surface area (Å²) in [7, 11) is 1.56. The number of para-hydroxylation sites is 1. The van der Waals surface area contributed by atoms with Gasteiger partial charge in [0.15, 0.2) is 11.5 Å². The van der Waals surface area contributed by atoms with E-state index >= 15 is 0 Å². The number of aromatic nitrogens is 2. The highest BCUT2D eigenvalue weighted by Gasteiger charge is 2.12. The van der Waals surface area contributed by atoms with Crippen LogP contribution in [0.15, 0.2) is 60.9 Å². The van der Waals surface area contributed by atoms with Crippen molar-refractivity contribution in [3.05, 3.63) is 72.1 Å². The Bertz CT molecular complexity index is 920. The fraction of sp³-hybridized carbons (Fsp3) is 0.273. The molecule has 6 nitrogen and oxygen atoms in total. The summed E-state index contributed by atoms with van der Waals surface area (Å²) in [6.45, 7) is 4.41. The van der Waals surface area contributed by atoms with Gasteiger partial charge in [0.25, 0.3) is 5.91 Å². The summed E-state index contributed by atoms with van der Waals surface area (Å²) < 4.78 is 12.9. The van der Waals surface area contributed by atoms with Crippen molar-refractivity contribution in [1.82, 2.24) is 15.1 Å². The van der Waals surface area contributed by atoms with E-state index in [1.807, 2.05) is 61.3 Å². The van der Waals surface area contributed by atoms with Crippen molar-refractivity contribution in [3.8, 4) is 17.2 Å². The standard InChI is InChI=1S/C22H25N3O3/c1-16(2)28-20-10-9-18(13-21(20)27-3)22(26)23-12-11-17-14-24-25(15-17)19-7-5-4-6-8-19/h4-10,13-16H,11-12H2,1-3H3,(H,23,26). The van der Waals surface area contributed by atoms with E-state index in [1.54, 1.807) is 25.3 Å². The Labute approximate surface area is 165 Å². The van der Waals surface area contributed by atoms with Crippen LogP contribution in [0.25, 0.3) is 5.69 Å². The first-order chi connectivity index (χ1) is 13.6. The lowest BCUT2D eigenvalue weighted by molar-refractivity contribution is 0.0953. The van der Waals surface area contributed by atoms with Gasteiger partial charge in [-0.15, -0.1) is 0 Å². The molecule has 0 radical (unpaired) electrons. The van der Waals surface area contributed by atoms with Crippen LogP contribution < -0.4 is 14.8 Å². The van der Waals surface area contributed by atoms with Gasteiger partial charge in [0.2, 0.25) is 0 Å². The van der Waals surface area contributed by atoms with Crippen LogP contribution in [0.4, 0.5) is 0 Å². The van der Waals surface area contributed by atoms with Gasteiger partial charge in [-0.2, -0.15) is 5.10 Å². The fourth-order valence-corrected chi connectivity index (χ4v) is 2.79. The molecule has 1 amide bonds. The van der Waals surface area contributed by atoms with E-state index in [2.05, 4.69) is 10.4 Å². The van der Waals surface area contributed by atoms with Gasteiger partial charge in [-0.05, 0) is 56.2 Å². The molecule has 0 aliphatic heterocycles. The lowest BCUT2D eigenvalue weighted by atomic mass is 10.1. The molecule has 0 saturated carbocycles. The summed E-state index contributed by atoms with van der Waals surface area (Å²) in [5.41, 5.74) is 2.60. The Kier molecular flexibility index (Phi) is 6.32. The maximum Gasteiger partial charge on any atom is 0.251 e. The molecule has 0 aliphatic carbocycles. The summed E-state index contributed by atoms with van der Waals surface area (Å²) in [4.78, 5) is 12.4. The van der Waals surface area contributed by atoms with Crippen LogP contribution in [-0.2, 0) is 6.42 Å². The number of ether oxygens (including phenoxy) is 2. The van der Waals surface area contributed by atoms with Crippen LogP contribution in [-0.4, -0.2) is 35.4 Å². The zero-order valence-electron chi connectivity index (χ0n) is 16.4. The van der Waals surface area contributed by atoms with E-state index in [0.717, 1.165) is 11.3 Å². The molecule has 0 spiro atoms. The van der Waals surface area contributed by atoms with Gasteiger partial charge >= 0.3 is 0 Å². The van der Waals surface area contributed by atoms with Gasteiger partial charge in [-0.25, -0.2) is 4.68 Å². The smallest absolute Gasteiger partial charge is 0.251 e. The topological polar surface area (TPSA) is 65.4 Å². The first kappa shape index (κ1) is 19.5. The van der Waals surface area contributed by atoms with E-state index < -0.39 is 0 Å². The van der Waals surface area contributed by atoms with Gasteiger partial charge in [0.1, 0.15) is 0 Å². The highest BCUT2D eigenvalue weighted by Crippen LogP contribution is 2.28. The van der Waals surface area contributed by atoms with Gasteiger partial charge in [-0.3, -0.25) is 4.79 Å². The predicted octanol–water partition coefficient (Wildman–Crippen LogP) is 3.64. The molecule has 3 rings (SSSR count). The quantitative estimate of drug-likeness (QED) is 0.649. The fourth-order valence-electron chi connectivity index (χ4n) is 2.79. The monoisotopic (exact) mass is 379 g/mol. The van der Waals surface area contributed by atoms with Gasteiger partial charge in [0.05, 0.1) is 25.1 Å². The molecule has 3 aromatic rings. The second-order valence-electron chi connectivity index (χ2n) is 6.67. The molecular weight excluding hydrogens is 354 g/mol. The van der Waals surface area contributed by atoms with E-state index in [1.165, 1.54) is 0 Å². The molecule has 146 valence electrons. The number of hydrogen-bond acceptors (Lipinski definition) is 4. The number of methoxy groups -OCH3 is 1. The molecular formula is C22H25N3O3. The highest BCUT2D eigenvalue weighted by molar-refractivity contribution is 5.94. The van der Waals surface area contributed by atoms with Crippen molar-refractivity contribution >= 4 is 5.91 Å². The Morgan fingerprint density at radius 1 is 1.14 bits per heavy atom. The number of amides is 1. The van der Waals surface area contributed by atoms with E-state index in [4.69, 9.17) is 9.47 Å². The number of carbonyl (C=O) groups excluding carboxylic acids is 1. The molecule has 1 N–H and O–H groups in total. The average molecular weight is 379 g/mol. The number of carbonyl (C=O) groups is 1. The Morgan fingerprint density at radius 2 is 1.93 bits per heavy atom. The van der Waals surface area contributed by atoms with Crippen LogP contribution in [0.2, 0.25) is 0 Å². The minimum Gasteiger partial charge on any atom is -0.493 e. The molecule has 1 aromatic heterocycles. The molecule has 0 atom stereocenters. The Hall–Kier alpha value is -3.28. The first-order valence-electron chi connectivity index (χ1n) is 9.28. The molecule has 28 heavy (non-hydrogen) atoms. The largest absolute Gasteiger partial charge is 0.493 e. The number of nitrogens with zero attached hydrogens (tertiary/aromatic N) is 2. The molecule has 0 unspecified atom stereocenters. The van der Waals surface area contributed by atoms with E-state index in [9.17, 15) is 4.79 Å². The van der Waals surface area contributed by atoms with Crippen LogP contribution in [0.1, 0.15) is 29.8 Å². The zero-order chi connectivity index (χ0) is 19.9. The lowest BCUT2D eigenvalue weighted by Gasteiger charge is -2.14. The van der Waals surface area contributed by atoms with Crippen LogP contribution in [0.3, 0.4) is 0 Å². The summed E-state index contributed by atoms with van der Waals surface area (Å²) in [5.74, 6) is 1.03. The summed E-state index contributed by atoms with van der Waals surface area (Å²) in [6.07, 6.45) is 4.53. The number of benzene rings is 2. The molecule has 0 saturated heterocycles. The van der Waals surface area contributed by atoms with Crippen molar-refractivity contribution in [2.24, 2.45) is 0 Å². The Balaban J connectivity index is 1.57. The minimum absolute atomic E-state index is 0.0328. The third kappa shape index (κ3) is 4.91. The third-order valence-corrected chi connectivity index (χ3v) is 4.14. The summed E-state index contributed by atoms with van der Waals surface area (Å²) >= 11 is 0. The van der Waals surface area contributed by atoms with Crippen molar-refractivity contribution < 1.29 is 14.3 Å². The molecule has 6 heteroatoms.